The van der Waals surface area contributed by atoms with Crippen molar-refractivity contribution in [3.05, 3.63) is 108 Å². The van der Waals surface area contributed by atoms with Gasteiger partial charge in [-0.3, -0.25) is 4.90 Å². The van der Waals surface area contributed by atoms with Crippen molar-refractivity contribution in [2.45, 2.75) is 38.6 Å². The number of benzene rings is 3. The third-order valence-electron chi connectivity index (χ3n) is 5.56. The maximum Gasteiger partial charge on any atom is 0.0716 e. The Hall–Kier alpha value is -2.42. The third kappa shape index (κ3) is 5.54. The summed E-state index contributed by atoms with van der Waals surface area (Å²) in [7, 11) is 0. The minimum Gasteiger partial charge on any atom is -0.377 e. The second kappa shape index (κ2) is 9.68. The van der Waals surface area contributed by atoms with E-state index in [2.05, 4.69) is 89.8 Å². The van der Waals surface area contributed by atoms with E-state index in [4.69, 9.17) is 4.74 Å². The molecule has 0 unspecified atom stereocenters. The van der Waals surface area contributed by atoms with Gasteiger partial charge in [-0.15, -0.1) is 0 Å². The Labute approximate surface area is 168 Å². The molecule has 0 spiro atoms. The molecule has 1 aliphatic rings. The Morgan fingerprint density at radius 1 is 0.679 bits per heavy atom. The van der Waals surface area contributed by atoms with Crippen LogP contribution in [0.25, 0.3) is 0 Å². The Bertz CT molecular complexity index is 777. The second-order valence-electron chi connectivity index (χ2n) is 7.77. The lowest BCUT2D eigenvalue weighted by molar-refractivity contribution is 0.111. The maximum absolute atomic E-state index is 5.92. The SMILES string of the molecule is c1ccc(COCC[C@H]2C[C@H]2N(Cc2ccccc2)Cc2ccccc2)cc1. The van der Waals surface area contributed by atoms with E-state index in [9.17, 15) is 0 Å². The van der Waals surface area contributed by atoms with Crippen molar-refractivity contribution in [3.63, 3.8) is 0 Å². The van der Waals surface area contributed by atoms with E-state index < -0.39 is 0 Å². The average molecular weight is 372 g/mol. The first-order valence-electron chi connectivity index (χ1n) is 10.3. The average Bonchev–Trinajstić information content (AvgIpc) is 3.53. The molecule has 144 valence electrons. The Morgan fingerprint density at radius 3 is 1.71 bits per heavy atom. The monoisotopic (exact) mass is 371 g/mol. The second-order valence-corrected chi connectivity index (χ2v) is 7.77. The fourth-order valence-corrected chi connectivity index (χ4v) is 3.91. The van der Waals surface area contributed by atoms with E-state index in [1.54, 1.807) is 0 Å². The molecule has 0 aromatic heterocycles. The highest BCUT2D eigenvalue weighted by atomic mass is 16.5. The summed E-state index contributed by atoms with van der Waals surface area (Å²) in [6.07, 6.45) is 2.44. The van der Waals surface area contributed by atoms with Gasteiger partial charge in [0.1, 0.15) is 0 Å². The van der Waals surface area contributed by atoms with Gasteiger partial charge in [0, 0.05) is 25.7 Å². The van der Waals surface area contributed by atoms with E-state index in [1.165, 1.54) is 23.1 Å². The molecular formula is C26H29NO. The van der Waals surface area contributed by atoms with Gasteiger partial charge in [-0.2, -0.15) is 0 Å². The van der Waals surface area contributed by atoms with Crippen LogP contribution in [0.5, 0.6) is 0 Å². The van der Waals surface area contributed by atoms with Crippen LogP contribution in [0.1, 0.15) is 29.5 Å². The van der Waals surface area contributed by atoms with Gasteiger partial charge in [0.15, 0.2) is 0 Å². The summed E-state index contributed by atoms with van der Waals surface area (Å²) in [6, 6.07) is 32.8. The highest BCUT2D eigenvalue weighted by Gasteiger charge is 2.40. The van der Waals surface area contributed by atoms with Crippen LogP contribution in [0.3, 0.4) is 0 Å². The van der Waals surface area contributed by atoms with Crippen LogP contribution in [0.15, 0.2) is 91.0 Å². The first kappa shape index (κ1) is 18.9. The summed E-state index contributed by atoms with van der Waals surface area (Å²) < 4.78 is 5.92. The first-order chi connectivity index (χ1) is 13.9. The predicted molar refractivity (Wildman–Crippen MR) is 115 cm³/mol. The molecule has 0 N–H and O–H groups in total. The van der Waals surface area contributed by atoms with Crippen molar-refractivity contribution < 1.29 is 4.74 Å². The smallest absolute Gasteiger partial charge is 0.0716 e. The fourth-order valence-electron chi connectivity index (χ4n) is 3.91. The molecule has 1 aliphatic carbocycles. The highest BCUT2D eigenvalue weighted by molar-refractivity contribution is 5.18. The van der Waals surface area contributed by atoms with E-state index in [0.717, 1.165) is 38.6 Å². The Morgan fingerprint density at radius 2 is 1.18 bits per heavy atom. The van der Waals surface area contributed by atoms with Crippen molar-refractivity contribution in [2.75, 3.05) is 6.61 Å². The van der Waals surface area contributed by atoms with Gasteiger partial charge in [-0.1, -0.05) is 91.0 Å². The Balaban J connectivity index is 1.29. The lowest BCUT2D eigenvalue weighted by Crippen LogP contribution is -2.26. The highest BCUT2D eigenvalue weighted by Crippen LogP contribution is 2.40. The molecule has 3 aromatic carbocycles. The minimum atomic E-state index is 0.667. The molecule has 1 saturated carbocycles. The van der Waals surface area contributed by atoms with Gasteiger partial charge in [0.25, 0.3) is 0 Å². The van der Waals surface area contributed by atoms with Gasteiger partial charge in [-0.25, -0.2) is 0 Å². The normalized spacial score (nSPS) is 18.3. The van der Waals surface area contributed by atoms with Gasteiger partial charge >= 0.3 is 0 Å². The number of hydrogen-bond donors (Lipinski definition) is 0. The first-order valence-corrected chi connectivity index (χ1v) is 10.3. The van der Waals surface area contributed by atoms with Crippen molar-refractivity contribution >= 4 is 0 Å². The van der Waals surface area contributed by atoms with Crippen LogP contribution in [-0.2, 0) is 24.4 Å². The van der Waals surface area contributed by atoms with Crippen molar-refractivity contribution in [1.29, 1.82) is 0 Å². The van der Waals surface area contributed by atoms with Crippen LogP contribution >= 0.6 is 0 Å². The summed E-state index contributed by atoms with van der Waals surface area (Å²) in [5.41, 5.74) is 4.04. The molecule has 0 radical (unpaired) electrons. The molecule has 2 atom stereocenters. The topological polar surface area (TPSA) is 12.5 Å². The summed E-state index contributed by atoms with van der Waals surface area (Å²) in [6.45, 7) is 3.60. The minimum absolute atomic E-state index is 0.667. The number of rotatable bonds is 10. The van der Waals surface area contributed by atoms with E-state index in [1.807, 2.05) is 6.07 Å². The summed E-state index contributed by atoms with van der Waals surface area (Å²) in [5.74, 6) is 0.753. The van der Waals surface area contributed by atoms with Gasteiger partial charge in [-0.05, 0) is 35.4 Å². The largest absolute Gasteiger partial charge is 0.377 e. The zero-order chi connectivity index (χ0) is 19.0. The zero-order valence-electron chi connectivity index (χ0n) is 16.4. The number of hydrogen-bond acceptors (Lipinski definition) is 2. The number of nitrogens with zero attached hydrogens (tertiary/aromatic N) is 1. The molecule has 0 saturated heterocycles. The molecular weight excluding hydrogens is 342 g/mol. The van der Waals surface area contributed by atoms with E-state index in [-0.39, 0.29) is 0 Å². The molecule has 2 nitrogen and oxygen atoms in total. The molecule has 0 amide bonds. The third-order valence-corrected chi connectivity index (χ3v) is 5.56. The summed E-state index contributed by atoms with van der Waals surface area (Å²) >= 11 is 0. The molecule has 4 rings (SSSR count). The van der Waals surface area contributed by atoms with Crippen molar-refractivity contribution in [3.8, 4) is 0 Å². The fraction of sp³-hybridized carbons (Fsp3) is 0.308. The summed E-state index contributed by atoms with van der Waals surface area (Å²) in [4.78, 5) is 2.65. The van der Waals surface area contributed by atoms with E-state index in [0.29, 0.717) is 6.04 Å². The predicted octanol–water partition coefficient (Wildman–Crippen LogP) is 5.68. The zero-order valence-corrected chi connectivity index (χ0v) is 16.4. The quantitative estimate of drug-likeness (QED) is 0.425. The molecule has 0 bridgehead atoms. The Kier molecular flexibility index (Phi) is 6.54. The molecule has 3 aromatic rings. The lowest BCUT2D eigenvalue weighted by Gasteiger charge is -2.23. The van der Waals surface area contributed by atoms with E-state index >= 15 is 0 Å². The van der Waals surface area contributed by atoms with Crippen LogP contribution < -0.4 is 0 Å². The standard InChI is InChI=1S/C26H29NO/c1-4-10-22(11-5-1)19-27(20-23-12-6-2-7-13-23)26-18-25(26)16-17-28-21-24-14-8-3-9-15-24/h1-15,25-26H,16-21H2/t25-,26+/m0/s1. The van der Waals surface area contributed by atoms with Crippen LogP contribution in [0.4, 0.5) is 0 Å². The van der Waals surface area contributed by atoms with Crippen molar-refractivity contribution in [2.24, 2.45) is 5.92 Å². The van der Waals surface area contributed by atoms with Gasteiger partial charge < -0.3 is 4.74 Å². The molecule has 1 fully saturated rings. The van der Waals surface area contributed by atoms with Crippen molar-refractivity contribution in [1.82, 2.24) is 4.90 Å². The molecule has 0 aliphatic heterocycles. The van der Waals surface area contributed by atoms with Gasteiger partial charge in [0.2, 0.25) is 0 Å². The van der Waals surface area contributed by atoms with Crippen LogP contribution in [-0.4, -0.2) is 17.5 Å². The maximum atomic E-state index is 5.92. The molecule has 2 heteroatoms. The number of ether oxygens (including phenoxy) is 1. The van der Waals surface area contributed by atoms with Crippen LogP contribution in [0.2, 0.25) is 0 Å². The van der Waals surface area contributed by atoms with Gasteiger partial charge in [0.05, 0.1) is 6.61 Å². The summed E-state index contributed by atoms with van der Waals surface area (Å²) in [5, 5.41) is 0. The van der Waals surface area contributed by atoms with Crippen LogP contribution in [0, 0.1) is 5.92 Å². The lowest BCUT2D eigenvalue weighted by atomic mass is 10.1. The molecule has 28 heavy (non-hydrogen) atoms. The molecule has 0 heterocycles.